The first kappa shape index (κ1) is 9.72. The largest absolute Gasteiger partial charge is 0.466 e. The molecule has 0 aliphatic carbocycles. The van der Waals surface area contributed by atoms with E-state index in [1.54, 1.807) is 0 Å². The Hall–Kier alpha value is -0.280. The Balaban J connectivity index is 0.000000810. The molecule has 60 valence electrons. The molecule has 1 atom stereocenters. The summed E-state index contributed by atoms with van der Waals surface area (Å²) in [4.78, 5) is 9.71. The molecule has 1 aliphatic rings. The van der Waals surface area contributed by atoms with Gasteiger partial charge in [0.05, 0.1) is 0 Å². The zero-order valence-electron chi connectivity index (χ0n) is 5.71. The molecule has 1 unspecified atom stereocenters. The first-order valence-electron chi connectivity index (χ1n) is 3.22. The number of carbonyl (C=O) groups excluding carboxylic acids is 1. The predicted octanol–water partition coefficient (Wildman–Crippen LogP) is 0.333. The van der Waals surface area contributed by atoms with Crippen molar-refractivity contribution in [2.45, 2.75) is 18.9 Å². The number of ether oxygens (including phenoxy) is 1. The van der Waals surface area contributed by atoms with Crippen molar-refractivity contribution >= 4 is 18.9 Å². The highest BCUT2D eigenvalue weighted by Gasteiger charge is 2.13. The Kier molecular flexibility index (Phi) is 5.35. The first-order valence-corrected chi connectivity index (χ1v) is 3.22. The molecule has 1 rings (SSSR count). The fraction of sp³-hybridized carbons (Fsp3) is 0.833. The highest BCUT2D eigenvalue weighted by molar-refractivity contribution is 5.85. The Bertz CT molecular complexity index is 93.7. The summed E-state index contributed by atoms with van der Waals surface area (Å²) in [5, 5.41) is 3.21. The first-order chi connectivity index (χ1) is 4.43. The molecule has 0 aromatic rings. The highest BCUT2D eigenvalue weighted by atomic mass is 35.5. The van der Waals surface area contributed by atoms with Crippen molar-refractivity contribution in [1.29, 1.82) is 0 Å². The Morgan fingerprint density at radius 2 is 2.50 bits per heavy atom. The van der Waals surface area contributed by atoms with E-state index in [1.807, 2.05) is 0 Å². The van der Waals surface area contributed by atoms with Gasteiger partial charge in [-0.3, -0.25) is 4.79 Å². The molecule has 1 saturated heterocycles. The van der Waals surface area contributed by atoms with E-state index < -0.39 is 0 Å². The quantitative estimate of drug-likeness (QED) is 0.613. The molecular weight excluding hydrogens is 154 g/mol. The molecule has 4 heteroatoms. The predicted molar refractivity (Wildman–Crippen MR) is 40.3 cm³/mol. The van der Waals surface area contributed by atoms with E-state index in [9.17, 15) is 4.79 Å². The zero-order chi connectivity index (χ0) is 6.53. The van der Waals surface area contributed by atoms with E-state index in [0.29, 0.717) is 19.1 Å². The molecule has 0 amide bonds. The molecule has 0 bridgehead atoms. The molecule has 0 spiro atoms. The van der Waals surface area contributed by atoms with Gasteiger partial charge in [-0.15, -0.1) is 12.4 Å². The summed E-state index contributed by atoms with van der Waals surface area (Å²) in [6.45, 7) is 2.09. The van der Waals surface area contributed by atoms with Gasteiger partial charge in [-0.25, -0.2) is 0 Å². The molecule has 1 fully saturated rings. The van der Waals surface area contributed by atoms with Crippen LogP contribution in [0.15, 0.2) is 0 Å². The smallest absolute Gasteiger partial charge is 0.293 e. The summed E-state index contributed by atoms with van der Waals surface area (Å²) in [6.07, 6.45) is 2.33. The van der Waals surface area contributed by atoms with Crippen molar-refractivity contribution in [1.82, 2.24) is 5.32 Å². The fourth-order valence-electron chi connectivity index (χ4n) is 1.05. The average molecular weight is 166 g/mol. The summed E-state index contributed by atoms with van der Waals surface area (Å²) < 4.78 is 4.57. The van der Waals surface area contributed by atoms with Gasteiger partial charge >= 0.3 is 0 Å². The Morgan fingerprint density at radius 1 is 1.70 bits per heavy atom. The standard InChI is InChI=1S/C6H11NO2.ClH/c8-5-9-4-6-2-1-3-7-6;/h5-7H,1-4H2;1H. The van der Waals surface area contributed by atoms with Gasteiger partial charge < -0.3 is 10.1 Å². The topological polar surface area (TPSA) is 38.3 Å². The van der Waals surface area contributed by atoms with E-state index in [2.05, 4.69) is 10.1 Å². The van der Waals surface area contributed by atoms with Crippen molar-refractivity contribution in [3.05, 3.63) is 0 Å². The summed E-state index contributed by atoms with van der Waals surface area (Å²) >= 11 is 0. The third-order valence-corrected chi connectivity index (χ3v) is 1.53. The molecule has 10 heavy (non-hydrogen) atoms. The molecular formula is C6H12ClNO2. The summed E-state index contributed by atoms with van der Waals surface area (Å²) in [7, 11) is 0. The molecule has 0 aromatic carbocycles. The van der Waals surface area contributed by atoms with Gasteiger partial charge in [-0.1, -0.05) is 0 Å². The van der Waals surface area contributed by atoms with Crippen LogP contribution in [0.3, 0.4) is 0 Å². The van der Waals surface area contributed by atoms with Crippen molar-refractivity contribution in [3.8, 4) is 0 Å². The fourth-order valence-corrected chi connectivity index (χ4v) is 1.05. The Morgan fingerprint density at radius 3 is 3.00 bits per heavy atom. The number of hydrogen-bond donors (Lipinski definition) is 1. The maximum absolute atomic E-state index is 9.71. The van der Waals surface area contributed by atoms with E-state index in [4.69, 9.17) is 0 Å². The molecule has 1 N–H and O–H groups in total. The van der Waals surface area contributed by atoms with Crippen LogP contribution in [0.25, 0.3) is 0 Å². The van der Waals surface area contributed by atoms with Crippen molar-refractivity contribution in [3.63, 3.8) is 0 Å². The second-order valence-corrected chi connectivity index (χ2v) is 2.22. The van der Waals surface area contributed by atoms with Crippen LogP contribution in [0, 0.1) is 0 Å². The SMILES string of the molecule is Cl.O=COCC1CCCN1. The third-order valence-electron chi connectivity index (χ3n) is 1.53. The van der Waals surface area contributed by atoms with Crippen molar-refractivity contribution in [2.75, 3.05) is 13.2 Å². The number of rotatable bonds is 3. The van der Waals surface area contributed by atoms with E-state index in [-0.39, 0.29) is 12.4 Å². The number of hydrogen-bond acceptors (Lipinski definition) is 3. The molecule has 3 nitrogen and oxygen atoms in total. The number of halogens is 1. The molecule has 0 radical (unpaired) electrons. The zero-order valence-corrected chi connectivity index (χ0v) is 6.52. The van der Waals surface area contributed by atoms with Gasteiger partial charge in [0.25, 0.3) is 6.47 Å². The monoisotopic (exact) mass is 165 g/mol. The van der Waals surface area contributed by atoms with Crippen LogP contribution in [0.4, 0.5) is 0 Å². The highest BCUT2D eigenvalue weighted by Crippen LogP contribution is 2.03. The maximum atomic E-state index is 9.71. The second-order valence-electron chi connectivity index (χ2n) is 2.22. The lowest BCUT2D eigenvalue weighted by atomic mass is 10.2. The van der Waals surface area contributed by atoms with E-state index >= 15 is 0 Å². The molecule has 1 aliphatic heterocycles. The van der Waals surface area contributed by atoms with Gasteiger partial charge in [0.1, 0.15) is 6.61 Å². The lowest BCUT2D eigenvalue weighted by molar-refractivity contribution is -0.129. The second kappa shape index (κ2) is 5.50. The van der Waals surface area contributed by atoms with Crippen LogP contribution in [0.2, 0.25) is 0 Å². The van der Waals surface area contributed by atoms with Crippen LogP contribution in [0.1, 0.15) is 12.8 Å². The average Bonchev–Trinajstić information content (AvgIpc) is 2.34. The number of carbonyl (C=O) groups is 1. The minimum atomic E-state index is 0. The lowest BCUT2D eigenvalue weighted by Crippen LogP contribution is -2.26. The van der Waals surface area contributed by atoms with E-state index in [0.717, 1.165) is 13.0 Å². The number of nitrogens with one attached hydrogen (secondary N) is 1. The van der Waals surface area contributed by atoms with Crippen LogP contribution in [-0.4, -0.2) is 25.7 Å². The molecule has 0 aromatic heterocycles. The van der Waals surface area contributed by atoms with Gasteiger partial charge in [0, 0.05) is 6.04 Å². The van der Waals surface area contributed by atoms with Crippen LogP contribution < -0.4 is 5.32 Å². The maximum Gasteiger partial charge on any atom is 0.293 e. The minimum absolute atomic E-state index is 0. The normalized spacial score (nSPS) is 23.4. The Labute approximate surface area is 66.5 Å². The molecule has 1 heterocycles. The van der Waals surface area contributed by atoms with Crippen molar-refractivity contribution < 1.29 is 9.53 Å². The van der Waals surface area contributed by atoms with Gasteiger partial charge in [0.2, 0.25) is 0 Å². The minimum Gasteiger partial charge on any atom is -0.466 e. The van der Waals surface area contributed by atoms with Gasteiger partial charge in [-0.2, -0.15) is 0 Å². The summed E-state index contributed by atoms with van der Waals surface area (Å²) in [6, 6.07) is 0.412. The van der Waals surface area contributed by atoms with Crippen LogP contribution in [0.5, 0.6) is 0 Å². The van der Waals surface area contributed by atoms with E-state index in [1.165, 1.54) is 6.42 Å². The molecule has 0 saturated carbocycles. The summed E-state index contributed by atoms with van der Waals surface area (Å²) in [5.41, 5.74) is 0. The van der Waals surface area contributed by atoms with Crippen molar-refractivity contribution in [2.24, 2.45) is 0 Å². The van der Waals surface area contributed by atoms with Gasteiger partial charge in [0.15, 0.2) is 0 Å². The van der Waals surface area contributed by atoms with Gasteiger partial charge in [-0.05, 0) is 19.4 Å². The summed E-state index contributed by atoms with van der Waals surface area (Å²) in [5.74, 6) is 0. The van der Waals surface area contributed by atoms with Crippen LogP contribution in [-0.2, 0) is 9.53 Å². The van der Waals surface area contributed by atoms with Crippen LogP contribution >= 0.6 is 12.4 Å². The third kappa shape index (κ3) is 3.03. The lowest BCUT2D eigenvalue weighted by Gasteiger charge is -2.06.